The molecule has 4 rings (SSSR count). The number of ether oxygens (including phenoxy) is 1. The van der Waals surface area contributed by atoms with Crippen LogP contribution in [0.15, 0.2) is 65.3 Å². The van der Waals surface area contributed by atoms with Crippen LogP contribution in [-0.2, 0) is 19.6 Å². The topological polar surface area (TPSA) is 55.6 Å². The van der Waals surface area contributed by atoms with E-state index >= 15 is 0 Å². The molecule has 1 aliphatic rings. The van der Waals surface area contributed by atoms with Crippen LogP contribution in [0.4, 0.5) is 0 Å². The molecule has 0 radical (unpaired) electrons. The average Bonchev–Trinajstić information content (AvgIpc) is 3.14. The zero-order valence-corrected chi connectivity index (χ0v) is 13.7. The van der Waals surface area contributed by atoms with Crippen molar-refractivity contribution in [3.05, 3.63) is 83.2 Å². The summed E-state index contributed by atoms with van der Waals surface area (Å²) in [4.78, 5) is 14.6. The van der Waals surface area contributed by atoms with Crippen LogP contribution in [0.3, 0.4) is 0 Å². The number of hydrogen-bond acceptors (Lipinski definition) is 4. The van der Waals surface area contributed by atoms with E-state index < -0.39 is 0 Å². The van der Waals surface area contributed by atoms with E-state index in [-0.39, 0.29) is 5.91 Å². The first-order valence-corrected chi connectivity index (χ1v) is 8.28. The highest BCUT2D eigenvalue weighted by molar-refractivity contribution is 5.94. The highest BCUT2D eigenvalue weighted by atomic mass is 16.5. The monoisotopic (exact) mass is 334 g/mol. The standard InChI is InChI=1S/C20H18N2O3/c23-20(22-10-9-19-17(13-22)12-21-25-19)16-7-4-8-18(11-16)24-14-15-5-2-1-3-6-15/h1-8,11-12H,9-10,13-14H2. The summed E-state index contributed by atoms with van der Waals surface area (Å²) in [6.07, 6.45) is 2.39. The molecule has 5 heteroatoms. The van der Waals surface area contributed by atoms with Crippen molar-refractivity contribution in [3.8, 4) is 5.75 Å². The molecule has 1 aromatic heterocycles. The lowest BCUT2D eigenvalue weighted by molar-refractivity contribution is 0.0728. The Labute approximate surface area is 145 Å². The lowest BCUT2D eigenvalue weighted by Gasteiger charge is -2.25. The zero-order chi connectivity index (χ0) is 17.1. The van der Waals surface area contributed by atoms with E-state index in [1.807, 2.05) is 53.4 Å². The van der Waals surface area contributed by atoms with Gasteiger partial charge in [0.1, 0.15) is 18.1 Å². The van der Waals surface area contributed by atoms with Crippen molar-refractivity contribution >= 4 is 5.91 Å². The molecule has 0 saturated heterocycles. The average molecular weight is 334 g/mol. The molecule has 3 aromatic rings. The number of nitrogens with zero attached hydrogens (tertiary/aromatic N) is 2. The van der Waals surface area contributed by atoms with Crippen LogP contribution in [0.2, 0.25) is 0 Å². The van der Waals surface area contributed by atoms with Crippen LogP contribution in [-0.4, -0.2) is 22.5 Å². The van der Waals surface area contributed by atoms with Gasteiger partial charge < -0.3 is 14.2 Å². The summed E-state index contributed by atoms with van der Waals surface area (Å²) in [5.41, 5.74) is 2.71. The molecule has 1 aliphatic heterocycles. The fraction of sp³-hybridized carbons (Fsp3) is 0.200. The Balaban J connectivity index is 1.45. The van der Waals surface area contributed by atoms with Crippen molar-refractivity contribution in [1.29, 1.82) is 0 Å². The van der Waals surface area contributed by atoms with Crippen molar-refractivity contribution in [2.45, 2.75) is 19.6 Å². The van der Waals surface area contributed by atoms with E-state index in [9.17, 15) is 4.79 Å². The van der Waals surface area contributed by atoms with Gasteiger partial charge in [0.15, 0.2) is 0 Å². The van der Waals surface area contributed by atoms with E-state index in [2.05, 4.69) is 5.16 Å². The maximum atomic E-state index is 12.8. The smallest absolute Gasteiger partial charge is 0.254 e. The molecule has 0 saturated carbocycles. The van der Waals surface area contributed by atoms with Crippen LogP contribution in [0, 0.1) is 0 Å². The van der Waals surface area contributed by atoms with Gasteiger partial charge in [-0.2, -0.15) is 0 Å². The van der Waals surface area contributed by atoms with Crippen molar-refractivity contribution in [2.24, 2.45) is 0 Å². The van der Waals surface area contributed by atoms with Crippen molar-refractivity contribution < 1.29 is 14.1 Å². The summed E-state index contributed by atoms with van der Waals surface area (Å²) < 4.78 is 11.0. The first-order valence-electron chi connectivity index (χ1n) is 8.28. The van der Waals surface area contributed by atoms with Gasteiger partial charge >= 0.3 is 0 Å². The Morgan fingerprint density at radius 3 is 2.92 bits per heavy atom. The lowest BCUT2D eigenvalue weighted by atomic mass is 10.1. The van der Waals surface area contributed by atoms with Gasteiger partial charge in [-0.1, -0.05) is 41.6 Å². The fourth-order valence-electron chi connectivity index (χ4n) is 2.96. The lowest BCUT2D eigenvalue weighted by Crippen LogP contribution is -2.35. The second kappa shape index (κ2) is 6.81. The highest BCUT2D eigenvalue weighted by Gasteiger charge is 2.24. The predicted molar refractivity (Wildman–Crippen MR) is 92.2 cm³/mol. The molecule has 126 valence electrons. The van der Waals surface area contributed by atoms with Crippen LogP contribution in [0.25, 0.3) is 0 Å². The van der Waals surface area contributed by atoms with E-state index in [0.717, 1.165) is 16.9 Å². The SMILES string of the molecule is O=C(c1cccc(OCc2ccccc2)c1)N1CCc2oncc2C1. The molecule has 0 N–H and O–H groups in total. The Morgan fingerprint density at radius 2 is 2.04 bits per heavy atom. The van der Waals surface area contributed by atoms with Gasteiger partial charge in [0, 0.05) is 24.1 Å². The number of benzene rings is 2. The molecule has 0 unspecified atom stereocenters. The second-order valence-corrected chi connectivity index (χ2v) is 6.05. The Bertz CT molecular complexity index is 873. The number of fused-ring (bicyclic) bond motifs is 1. The van der Waals surface area contributed by atoms with Gasteiger partial charge in [-0.25, -0.2) is 0 Å². The van der Waals surface area contributed by atoms with Gasteiger partial charge in [0.2, 0.25) is 0 Å². The summed E-state index contributed by atoms with van der Waals surface area (Å²) in [5, 5.41) is 3.80. The van der Waals surface area contributed by atoms with Gasteiger partial charge in [-0.05, 0) is 23.8 Å². The molecule has 0 atom stereocenters. The quantitative estimate of drug-likeness (QED) is 0.733. The Morgan fingerprint density at radius 1 is 1.16 bits per heavy atom. The predicted octanol–water partition coefficient (Wildman–Crippen LogP) is 3.45. The summed E-state index contributed by atoms with van der Waals surface area (Å²) in [6.45, 7) is 1.65. The Kier molecular flexibility index (Phi) is 4.21. The maximum Gasteiger partial charge on any atom is 0.254 e. The van der Waals surface area contributed by atoms with E-state index in [1.54, 1.807) is 12.3 Å². The third-order valence-corrected chi connectivity index (χ3v) is 4.32. The van der Waals surface area contributed by atoms with Crippen molar-refractivity contribution in [3.63, 3.8) is 0 Å². The molecule has 0 fully saturated rings. The Hall–Kier alpha value is -3.08. The normalized spacial score (nSPS) is 13.4. The molecule has 0 spiro atoms. The van der Waals surface area contributed by atoms with E-state index in [0.29, 0.717) is 37.4 Å². The summed E-state index contributed by atoms with van der Waals surface area (Å²) in [7, 11) is 0. The third-order valence-electron chi connectivity index (χ3n) is 4.32. The molecule has 0 bridgehead atoms. The molecule has 1 amide bonds. The first kappa shape index (κ1) is 15.4. The van der Waals surface area contributed by atoms with Crippen LogP contribution in [0.5, 0.6) is 5.75 Å². The summed E-state index contributed by atoms with van der Waals surface area (Å²) in [5.74, 6) is 1.57. The summed E-state index contributed by atoms with van der Waals surface area (Å²) in [6, 6.07) is 17.3. The number of hydrogen-bond donors (Lipinski definition) is 0. The van der Waals surface area contributed by atoms with Gasteiger partial charge in [-0.15, -0.1) is 0 Å². The van der Waals surface area contributed by atoms with Crippen molar-refractivity contribution in [1.82, 2.24) is 10.1 Å². The number of amides is 1. The second-order valence-electron chi connectivity index (χ2n) is 6.05. The molecular formula is C20H18N2O3. The maximum absolute atomic E-state index is 12.8. The van der Waals surface area contributed by atoms with E-state index in [4.69, 9.17) is 9.26 Å². The minimum Gasteiger partial charge on any atom is -0.489 e. The van der Waals surface area contributed by atoms with Crippen LogP contribution < -0.4 is 4.74 Å². The fourth-order valence-corrected chi connectivity index (χ4v) is 2.96. The van der Waals surface area contributed by atoms with Crippen LogP contribution in [0.1, 0.15) is 27.2 Å². The molecular weight excluding hydrogens is 316 g/mol. The number of rotatable bonds is 4. The minimum absolute atomic E-state index is 0.00277. The van der Waals surface area contributed by atoms with Crippen molar-refractivity contribution in [2.75, 3.05) is 6.54 Å². The number of carbonyl (C=O) groups excluding carboxylic acids is 1. The molecule has 0 aliphatic carbocycles. The third kappa shape index (κ3) is 3.40. The summed E-state index contributed by atoms with van der Waals surface area (Å²) >= 11 is 0. The molecule has 5 nitrogen and oxygen atoms in total. The number of carbonyl (C=O) groups is 1. The molecule has 2 heterocycles. The largest absolute Gasteiger partial charge is 0.489 e. The number of aromatic nitrogens is 1. The highest BCUT2D eigenvalue weighted by Crippen LogP contribution is 2.22. The minimum atomic E-state index is -0.00277. The van der Waals surface area contributed by atoms with Gasteiger partial charge in [-0.3, -0.25) is 4.79 Å². The van der Waals surface area contributed by atoms with Gasteiger partial charge in [0.05, 0.1) is 12.7 Å². The van der Waals surface area contributed by atoms with E-state index in [1.165, 1.54) is 0 Å². The molecule has 25 heavy (non-hydrogen) atoms. The molecule has 2 aromatic carbocycles. The zero-order valence-electron chi connectivity index (χ0n) is 13.7. The first-order chi connectivity index (χ1) is 12.3. The van der Waals surface area contributed by atoms with Gasteiger partial charge in [0.25, 0.3) is 5.91 Å². The van der Waals surface area contributed by atoms with Crippen LogP contribution >= 0.6 is 0 Å².